The first-order chi connectivity index (χ1) is 8.17. The Kier molecular flexibility index (Phi) is 5.49. The van der Waals surface area contributed by atoms with Crippen molar-refractivity contribution in [2.75, 3.05) is 13.1 Å². The number of carboxylic acid groups (broad SMARTS) is 1. The predicted molar refractivity (Wildman–Crippen MR) is 66.2 cm³/mol. The molecule has 0 amide bonds. The molecule has 1 N–H and O–H groups in total. The lowest BCUT2D eigenvalue weighted by molar-refractivity contribution is -0.0580. The van der Waals surface area contributed by atoms with Crippen LogP contribution in [-0.2, 0) is 0 Å². The van der Waals surface area contributed by atoms with Crippen LogP contribution in [0.5, 0.6) is 5.75 Å². The lowest BCUT2D eigenvalue weighted by atomic mass is 10.2. The highest BCUT2D eigenvalue weighted by Gasteiger charge is 2.06. The summed E-state index contributed by atoms with van der Waals surface area (Å²) in [6.45, 7) is 5.93. The highest BCUT2D eigenvalue weighted by Crippen LogP contribution is 2.14. The first-order valence-electron chi connectivity index (χ1n) is 5.93. The maximum absolute atomic E-state index is 10.7. The van der Waals surface area contributed by atoms with Crippen LogP contribution in [0.2, 0.25) is 0 Å². The zero-order valence-corrected chi connectivity index (χ0v) is 10.3. The second-order valence-corrected chi connectivity index (χ2v) is 3.85. The molecule has 1 aromatic carbocycles. The summed E-state index contributed by atoms with van der Waals surface area (Å²) < 4.78 is 0. The molecule has 0 bridgehead atoms. The highest BCUT2D eigenvalue weighted by molar-refractivity contribution is 5.87. The Morgan fingerprint density at radius 2 is 1.71 bits per heavy atom. The number of hydrogen-bond donors (Lipinski definition) is 1. The Morgan fingerprint density at radius 3 is 2.12 bits per heavy atom. The Balaban J connectivity index is 2.62. The summed E-state index contributed by atoms with van der Waals surface area (Å²) in [5.74, 6) is -0.243. The summed E-state index contributed by atoms with van der Waals surface area (Å²) in [6.07, 6.45) is 2.04. The molecule has 4 heteroatoms. The molecule has 0 saturated heterocycles. The van der Waals surface area contributed by atoms with Crippen LogP contribution in [0.3, 0.4) is 0 Å². The molecule has 0 aliphatic rings. The van der Waals surface area contributed by atoms with Crippen molar-refractivity contribution in [3.8, 4) is 5.75 Å². The molecule has 0 atom stereocenters. The van der Waals surface area contributed by atoms with Gasteiger partial charge in [-0.2, -0.15) is 0 Å². The Labute approximate surface area is 102 Å². The number of hydroxylamine groups is 2. The summed E-state index contributed by atoms with van der Waals surface area (Å²) in [5.41, 5.74) is 0.273. The van der Waals surface area contributed by atoms with Gasteiger partial charge in [-0.25, -0.2) is 4.79 Å². The third-order valence-electron chi connectivity index (χ3n) is 2.28. The van der Waals surface area contributed by atoms with Gasteiger partial charge in [0.25, 0.3) is 0 Å². The van der Waals surface area contributed by atoms with Crippen LogP contribution in [0.1, 0.15) is 37.0 Å². The first kappa shape index (κ1) is 13.5. The lowest BCUT2D eigenvalue weighted by Crippen LogP contribution is -2.29. The summed E-state index contributed by atoms with van der Waals surface area (Å²) in [6, 6.07) is 6.46. The van der Waals surface area contributed by atoms with Crippen LogP contribution in [0.15, 0.2) is 24.3 Å². The highest BCUT2D eigenvalue weighted by atomic mass is 16.7. The monoisotopic (exact) mass is 237 g/mol. The minimum atomic E-state index is -0.921. The molecule has 0 saturated carbocycles. The van der Waals surface area contributed by atoms with Gasteiger partial charge >= 0.3 is 5.97 Å². The van der Waals surface area contributed by atoms with E-state index in [0.29, 0.717) is 5.75 Å². The Bertz CT molecular complexity index is 342. The summed E-state index contributed by atoms with van der Waals surface area (Å²) in [7, 11) is 0. The average Bonchev–Trinajstić information content (AvgIpc) is 2.30. The maximum Gasteiger partial charge on any atom is 0.335 e. The molecule has 17 heavy (non-hydrogen) atoms. The minimum absolute atomic E-state index is 0.273. The normalized spacial score (nSPS) is 10.5. The van der Waals surface area contributed by atoms with Gasteiger partial charge in [-0.3, -0.25) is 0 Å². The third-order valence-corrected chi connectivity index (χ3v) is 2.28. The van der Waals surface area contributed by atoms with Gasteiger partial charge in [-0.05, 0) is 37.1 Å². The molecule has 0 aromatic heterocycles. The van der Waals surface area contributed by atoms with Crippen molar-refractivity contribution in [2.24, 2.45) is 0 Å². The molecule has 0 heterocycles. The van der Waals surface area contributed by atoms with Crippen molar-refractivity contribution in [3.63, 3.8) is 0 Å². The molecule has 1 rings (SSSR count). The van der Waals surface area contributed by atoms with Gasteiger partial charge in [-0.1, -0.05) is 13.8 Å². The lowest BCUT2D eigenvalue weighted by Gasteiger charge is -2.21. The quantitative estimate of drug-likeness (QED) is 0.741. The van der Waals surface area contributed by atoms with Gasteiger partial charge < -0.3 is 9.94 Å². The van der Waals surface area contributed by atoms with Crippen molar-refractivity contribution in [1.82, 2.24) is 5.06 Å². The van der Waals surface area contributed by atoms with Gasteiger partial charge in [0.15, 0.2) is 0 Å². The third kappa shape index (κ3) is 4.44. The molecular formula is C13H19NO3. The van der Waals surface area contributed by atoms with Crippen LogP contribution in [0.25, 0.3) is 0 Å². The van der Waals surface area contributed by atoms with Crippen LogP contribution in [-0.4, -0.2) is 29.2 Å². The molecule has 94 valence electrons. The van der Waals surface area contributed by atoms with Crippen LogP contribution in [0, 0.1) is 0 Å². The molecule has 0 aliphatic carbocycles. The van der Waals surface area contributed by atoms with E-state index in [1.165, 1.54) is 0 Å². The molecule has 0 unspecified atom stereocenters. The number of aromatic carboxylic acids is 1. The van der Waals surface area contributed by atoms with Crippen LogP contribution in [0.4, 0.5) is 0 Å². The smallest absolute Gasteiger partial charge is 0.335 e. The Hall–Kier alpha value is -1.55. The number of hydrogen-bond acceptors (Lipinski definition) is 3. The second kappa shape index (κ2) is 6.91. The molecule has 1 aromatic rings. The minimum Gasteiger partial charge on any atom is -0.478 e. The van der Waals surface area contributed by atoms with Gasteiger partial charge in [0, 0.05) is 13.1 Å². The molecule has 4 nitrogen and oxygen atoms in total. The predicted octanol–water partition coefficient (Wildman–Crippen LogP) is 2.80. The van der Waals surface area contributed by atoms with E-state index in [-0.39, 0.29) is 5.56 Å². The number of benzene rings is 1. The fourth-order valence-corrected chi connectivity index (χ4v) is 1.51. The van der Waals surface area contributed by atoms with E-state index < -0.39 is 5.97 Å². The summed E-state index contributed by atoms with van der Waals surface area (Å²) >= 11 is 0. The molecule has 0 aliphatic heterocycles. The maximum atomic E-state index is 10.7. The van der Waals surface area contributed by atoms with E-state index in [2.05, 4.69) is 13.8 Å². The SMILES string of the molecule is CCCN(CCC)Oc1ccc(C(=O)O)cc1. The molecule has 0 spiro atoms. The topological polar surface area (TPSA) is 49.8 Å². The van der Waals surface area contributed by atoms with E-state index in [9.17, 15) is 4.79 Å². The van der Waals surface area contributed by atoms with Crippen molar-refractivity contribution < 1.29 is 14.7 Å². The number of carbonyl (C=O) groups is 1. The fraction of sp³-hybridized carbons (Fsp3) is 0.462. The molecular weight excluding hydrogens is 218 g/mol. The summed E-state index contributed by atoms with van der Waals surface area (Å²) in [5, 5.41) is 10.7. The first-order valence-corrected chi connectivity index (χ1v) is 5.93. The number of rotatable bonds is 7. The van der Waals surface area contributed by atoms with E-state index in [1.807, 2.05) is 5.06 Å². The van der Waals surface area contributed by atoms with Gasteiger partial charge in [0.2, 0.25) is 0 Å². The fourth-order valence-electron chi connectivity index (χ4n) is 1.51. The van der Waals surface area contributed by atoms with Gasteiger partial charge in [-0.15, -0.1) is 5.06 Å². The van der Waals surface area contributed by atoms with E-state index >= 15 is 0 Å². The molecule has 0 fully saturated rings. The number of nitrogens with zero attached hydrogens (tertiary/aromatic N) is 1. The molecule has 0 radical (unpaired) electrons. The van der Waals surface area contributed by atoms with E-state index in [1.54, 1.807) is 24.3 Å². The zero-order valence-electron chi connectivity index (χ0n) is 10.3. The van der Waals surface area contributed by atoms with Crippen molar-refractivity contribution >= 4 is 5.97 Å². The van der Waals surface area contributed by atoms with Crippen molar-refractivity contribution in [1.29, 1.82) is 0 Å². The number of carboxylic acids is 1. The van der Waals surface area contributed by atoms with Crippen LogP contribution < -0.4 is 4.84 Å². The average molecular weight is 237 g/mol. The van der Waals surface area contributed by atoms with E-state index in [4.69, 9.17) is 9.94 Å². The largest absolute Gasteiger partial charge is 0.478 e. The summed E-state index contributed by atoms with van der Waals surface area (Å²) in [4.78, 5) is 16.4. The van der Waals surface area contributed by atoms with Gasteiger partial charge in [0.05, 0.1) is 5.56 Å². The van der Waals surface area contributed by atoms with Crippen LogP contribution >= 0.6 is 0 Å². The van der Waals surface area contributed by atoms with E-state index in [0.717, 1.165) is 25.9 Å². The second-order valence-electron chi connectivity index (χ2n) is 3.85. The standard InChI is InChI=1S/C13H19NO3/c1-3-9-14(10-4-2)17-12-7-5-11(6-8-12)13(15)16/h5-8H,3-4,9-10H2,1-2H3,(H,15,16). The van der Waals surface area contributed by atoms with Crippen molar-refractivity contribution in [3.05, 3.63) is 29.8 Å². The Morgan fingerprint density at radius 1 is 1.18 bits per heavy atom. The van der Waals surface area contributed by atoms with Crippen molar-refractivity contribution in [2.45, 2.75) is 26.7 Å². The zero-order chi connectivity index (χ0) is 12.7. The van der Waals surface area contributed by atoms with Gasteiger partial charge in [0.1, 0.15) is 5.75 Å².